The molecule has 0 saturated heterocycles. The van der Waals surface area contributed by atoms with E-state index in [1.54, 1.807) is 0 Å². The van der Waals surface area contributed by atoms with Gasteiger partial charge in [0.15, 0.2) is 5.78 Å². The van der Waals surface area contributed by atoms with Crippen molar-refractivity contribution < 1.29 is 4.79 Å². The zero-order chi connectivity index (χ0) is 8.97. The predicted octanol–water partition coefficient (Wildman–Crippen LogP) is 2.84. The molecule has 62 valence electrons. The number of ketones is 1. The van der Waals surface area contributed by atoms with Crippen LogP contribution >= 0.6 is 0 Å². The Bertz CT molecular complexity index is 296. The van der Waals surface area contributed by atoms with Gasteiger partial charge >= 0.3 is 0 Å². The predicted molar refractivity (Wildman–Crippen MR) is 50.2 cm³/mol. The van der Waals surface area contributed by atoms with Gasteiger partial charge in [0.1, 0.15) is 0 Å². The maximum absolute atomic E-state index is 11.5. The normalized spacial score (nSPS) is 11.3. The van der Waals surface area contributed by atoms with Crippen LogP contribution in [0.4, 0.5) is 0 Å². The Balaban J connectivity index is 2.94. The minimum absolute atomic E-state index is 0.109. The number of benzene rings is 1. The standard InChI is InChI=1S/C11H12O/c1-3-9(2)11(12)10-7-5-4-6-8-10/h3-8H,1-2H3/b9-3-. The van der Waals surface area contributed by atoms with E-state index in [-0.39, 0.29) is 5.78 Å². The minimum atomic E-state index is 0.109. The van der Waals surface area contributed by atoms with Crippen LogP contribution in [0.3, 0.4) is 0 Å². The van der Waals surface area contributed by atoms with Crippen LogP contribution < -0.4 is 0 Å². The van der Waals surface area contributed by atoms with Crippen LogP contribution in [0, 0.1) is 0 Å². The molecule has 0 bridgehead atoms. The quantitative estimate of drug-likeness (QED) is 0.480. The molecule has 0 aliphatic heterocycles. The lowest BCUT2D eigenvalue weighted by atomic mass is 10.1. The highest BCUT2D eigenvalue weighted by molar-refractivity contribution is 6.08. The van der Waals surface area contributed by atoms with Gasteiger partial charge < -0.3 is 0 Å². The molecule has 0 radical (unpaired) electrons. The van der Waals surface area contributed by atoms with Gasteiger partial charge in [-0.15, -0.1) is 0 Å². The van der Waals surface area contributed by atoms with Gasteiger partial charge in [0.25, 0.3) is 0 Å². The fourth-order valence-corrected chi connectivity index (χ4v) is 0.948. The largest absolute Gasteiger partial charge is 0.289 e. The van der Waals surface area contributed by atoms with Gasteiger partial charge in [0, 0.05) is 5.56 Å². The molecule has 0 aliphatic rings. The Morgan fingerprint density at radius 3 is 2.33 bits per heavy atom. The first-order valence-electron chi connectivity index (χ1n) is 3.98. The summed E-state index contributed by atoms with van der Waals surface area (Å²) in [5, 5.41) is 0. The van der Waals surface area contributed by atoms with Crippen LogP contribution in [-0.2, 0) is 0 Å². The molecule has 0 aromatic heterocycles. The molecule has 1 aromatic carbocycles. The van der Waals surface area contributed by atoms with Crippen LogP contribution in [0.1, 0.15) is 24.2 Å². The summed E-state index contributed by atoms with van der Waals surface area (Å²) in [6, 6.07) is 9.30. The maximum atomic E-state index is 11.5. The van der Waals surface area contributed by atoms with Gasteiger partial charge in [0.05, 0.1) is 0 Å². The van der Waals surface area contributed by atoms with Crippen molar-refractivity contribution in [3.63, 3.8) is 0 Å². The van der Waals surface area contributed by atoms with E-state index in [4.69, 9.17) is 0 Å². The van der Waals surface area contributed by atoms with Crippen molar-refractivity contribution in [2.45, 2.75) is 13.8 Å². The Hall–Kier alpha value is -1.37. The van der Waals surface area contributed by atoms with Gasteiger partial charge in [0.2, 0.25) is 0 Å². The van der Waals surface area contributed by atoms with Crippen LogP contribution in [0.2, 0.25) is 0 Å². The van der Waals surface area contributed by atoms with Gasteiger partial charge in [-0.2, -0.15) is 0 Å². The molecule has 0 amide bonds. The third kappa shape index (κ3) is 1.82. The molecule has 0 atom stereocenters. The highest BCUT2D eigenvalue weighted by Crippen LogP contribution is 2.06. The van der Waals surface area contributed by atoms with Crippen molar-refractivity contribution in [1.82, 2.24) is 0 Å². The minimum Gasteiger partial charge on any atom is -0.289 e. The molecule has 1 rings (SSSR count). The van der Waals surface area contributed by atoms with Crippen molar-refractivity contribution in [2.24, 2.45) is 0 Å². The molecule has 1 nitrogen and oxygen atoms in total. The number of Topliss-reactive ketones (excluding diaryl/α,β-unsaturated/α-hetero) is 1. The van der Waals surface area contributed by atoms with Crippen LogP contribution in [0.25, 0.3) is 0 Å². The molecular formula is C11H12O. The first kappa shape index (κ1) is 8.72. The fraction of sp³-hybridized carbons (Fsp3) is 0.182. The van der Waals surface area contributed by atoms with Crippen molar-refractivity contribution in [3.05, 3.63) is 47.5 Å². The first-order valence-corrected chi connectivity index (χ1v) is 3.98. The Labute approximate surface area is 72.7 Å². The Morgan fingerprint density at radius 2 is 1.83 bits per heavy atom. The molecule has 0 fully saturated rings. The van der Waals surface area contributed by atoms with E-state index < -0.39 is 0 Å². The maximum Gasteiger partial charge on any atom is 0.188 e. The summed E-state index contributed by atoms with van der Waals surface area (Å²) < 4.78 is 0. The van der Waals surface area contributed by atoms with E-state index in [0.29, 0.717) is 0 Å². The average molecular weight is 160 g/mol. The van der Waals surface area contributed by atoms with E-state index in [0.717, 1.165) is 11.1 Å². The van der Waals surface area contributed by atoms with E-state index in [1.165, 1.54) is 0 Å². The summed E-state index contributed by atoms with van der Waals surface area (Å²) >= 11 is 0. The van der Waals surface area contributed by atoms with E-state index in [1.807, 2.05) is 50.3 Å². The van der Waals surface area contributed by atoms with Crippen molar-refractivity contribution in [3.8, 4) is 0 Å². The zero-order valence-electron chi connectivity index (χ0n) is 7.37. The monoisotopic (exact) mass is 160 g/mol. The Kier molecular flexibility index (Phi) is 2.81. The first-order chi connectivity index (χ1) is 5.75. The third-order valence-corrected chi connectivity index (χ3v) is 1.83. The van der Waals surface area contributed by atoms with Gasteiger partial charge in [-0.1, -0.05) is 36.4 Å². The molecule has 12 heavy (non-hydrogen) atoms. The van der Waals surface area contributed by atoms with Crippen molar-refractivity contribution in [2.75, 3.05) is 0 Å². The summed E-state index contributed by atoms with van der Waals surface area (Å²) in [5.74, 6) is 0.109. The molecule has 0 unspecified atom stereocenters. The molecule has 1 aromatic rings. The number of carbonyl (C=O) groups is 1. The van der Waals surface area contributed by atoms with Gasteiger partial charge in [-0.25, -0.2) is 0 Å². The third-order valence-electron chi connectivity index (χ3n) is 1.83. The molecule has 1 heteroatoms. The number of hydrogen-bond acceptors (Lipinski definition) is 1. The highest BCUT2D eigenvalue weighted by Gasteiger charge is 2.04. The van der Waals surface area contributed by atoms with Crippen molar-refractivity contribution >= 4 is 5.78 Å². The van der Waals surface area contributed by atoms with Crippen molar-refractivity contribution in [1.29, 1.82) is 0 Å². The van der Waals surface area contributed by atoms with Gasteiger partial charge in [-0.3, -0.25) is 4.79 Å². The summed E-state index contributed by atoms with van der Waals surface area (Å²) in [4.78, 5) is 11.5. The van der Waals surface area contributed by atoms with Crippen LogP contribution in [0.5, 0.6) is 0 Å². The fourth-order valence-electron chi connectivity index (χ4n) is 0.948. The molecule has 0 aliphatic carbocycles. The van der Waals surface area contributed by atoms with E-state index in [2.05, 4.69) is 0 Å². The molecule has 0 N–H and O–H groups in total. The molecule has 0 spiro atoms. The smallest absolute Gasteiger partial charge is 0.188 e. The number of rotatable bonds is 2. The molecule has 0 heterocycles. The number of carbonyl (C=O) groups excluding carboxylic acids is 1. The van der Waals surface area contributed by atoms with Gasteiger partial charge in [-0.05, 0) is 19.4 Å². The lowest BCUT2D eigenvalue weighted by Gasteiger charge is -1.98. The van der Waals surface area contributed by atoms with Crippen LogP contribution in [0.15, 0.2) is 42.0 Å². The second-order valence-electron chi connectivity index (χ2n) is 2.67. The second kappa shape index (κ2) is 3.86. The van der Waals surface area contributed by atoms with E-state index >= 15 is 0 Å². The summed E-state index contributed by atoms with van der Waals surface area (Å²) in [6.45, 7) is 3.70. The Morgan fingerprint density at radius 1 is 1.25 bits per heavy atom. The number of hydrogen-bond donors (Lipinski definition) is 0. The second-order valence-corrected chi connectivity index (χ2v) is 2.67. The topological polar surface area (TPSA) is 17.1 Å². The SMILES string of the molecule is C/C=C(/C)C(=O)c1ccccc1. The lowest BCUT2D eigenvalue weighted by Crippen LogP contribution is -1.99. The summed E-state index contributed by atoms with van der Waals surface area (Å²) in [7, 11) is 0. The lowest BCUT2D eigenvalue weighted by molar-refractivity contribution is 0.103. The zero-order valence-corrected chi connectivity index (χ0v) is 7.37. The highest BCUT2D eigenvalue weighted by atomic mass is 16.1. The summed E-state index contributed by atoms with van der Waals surface area (Å²) in [6.07, 6.45) is 1.83. The average Bonchev–Trinajstić information content (AvgIpc) is 2.17. The summed E-state index contributed by atoms with van der Waals surface area (Å²) in [5.41, 5.74) is 1.55. The van der Waals surface area contributed by atoms with Crippen LogP contribution in [-0.4, -0.2) is 5.78 Å². The molecular weight excluding hydrogens is 148 g/mol. The molecule has 0 saturated carbocycles. The number of allylic oxidation sites excluding steroid dienone is 2. The van der Waals surface area contributed by atoms with E-state index in [9.17, 15) is 4.79 Å².